The maximum atomic E-state index is 13.4. The van der Waals surface area contributed by atoms with Crippen LogP contribution in [0.3, 0.4) is 0 Å². The van der Waals surface area contributed by atoms with Gasteiger partial charge in [0.25, 0.3) is 5.56 Å². The van der Waals surface area contributed by atoms with Crippen molar-refractivity contribution in [2.45, 2.75) is 69.9 Å². The van der Waals surface area contributed by atoms with E-state index in [1.807, 2.05) is 27.6 Å². The number of benzene rings is 1. The van der Waals surface area contributed by atoms with Gasteiger partial charge >= 0.3 is 0 Å². The summed E-state index contributed by atoms with van der Waals surface area (Å²) in [4.78, 5) is 27.7. The van der Waals surface area contributed by atoms with Gasteiger partial charge in [-0.1, -0.05) is 32.9 Å². The van der Waals surface area contributed by atoms with Gasteiger partial charge in [0.05, 0.1) is 6.04 Å². The van der Waals surface area contributed by atoms with E-state index >= 15 is 0 Å². The van der Waals surface area contributed by atoms with Gasteiger partial charge < -0.3 is 10.6 Å². The molecule has 2 aliphatic carbocycles. The Labute approximate surface area is 209 Å². The van der Waals surface area contributed by atoms with Crippen LogP contribution in [0.5, 0.6) is 0 Å². The molecule has 0 unspecified atom stereocenters. The minimum Gasteiger partial charge on any atom is -0.324 e. The van der Waals surface area contributed by atoms with Crippen LogP contribution in [-0.2, 0) is 17.4 Å². The molecule has 36 heavy (non-hydrogen) atoms. The third-order valence-corrected chi connectivity index (χ3v) is 7.72. The second-order valence-corrected chi connectivity index (χ2v) is 11.5. The third-order valence-electron chi connectivity index (χ3n) is 7.72. The summed E-state index contributed by atoms with van der Waals surface area (Å²) in [5.74, 6) is 1.19. The van der Waals surface area contributed by atoms with Crippen LogP contribution in [0.15, 0.2) is 47.4 Å². The van der Waals surface area contributed by atoms with Gasteiger partial charge in [0.2, 0.25) is 5.95 Å². The van der Waals surface area contributed by atoms with Gasteiger partial charge in [-0.3, -0.25) is 4.79 Å². The topological polar surface area (TPSA) is 89.7 Å². The first-order valence-corrected chi connectivity index (χ1v) is 13.0. The highest BCUT2D eigenvalue weighted by Crippen LogP contribution is 2.49. The smallest absolute Gasteiger partial charge is 0.278 e. The zero-order valence-electron chi connectivity index (χ0n) is 21.0. The van der Waals surface area contributed by atoms with E-state index in [0.717, 1.165) is 37.2 Å². The normalized spacial score (nSPS) is 18.4. The molecule has 1 spiro atoms. The zero-order chi connectivity index (χ0) is 24.7. The quantitative estimate of drug-likeness (QED) is 0.447. The SMILES string of the molecule is CC(C)(C)c1cccc(-n2c3nc(Nc4ccc5c(c4)CCNC54CC4)ncc3c(=O)n2C2CC2)n1. The monoisotopic (exact) mass is 481 g/mol. The Balaban J connectivity index is 1.32. The molecule has 4 aromatic rings. The van der Waals surface area contributed by atoms with Gasteiger partial charge in [0, 0.05) is 35.1 Å². The van der Waals surface area contributed by atoms with Gasteiger partial charge in [-0.25, -0.2) is 19.3 Å². The highest BCUT2D eigenvalue weighted by atomic mass is 16.1. The standard InChI is InChI=1S/C28H31N7O/c1-27(2,3)22-5-4-6-23(32-22)35-24-20(25(36)34(35)19-8-9-19)16-29-26(33-24)31-18-7-10-21-17(15-18)11-14-30-28(21)12-13-28/h4-7,10,15-16,19,30H,8-9,11-14H2,1-3H3,(H,29,31,33). The van der Waals surface area contributed by atoms with Gasteiger partial charge in [0.15, 0.2) is 11.5 Å². The van der Waals surface area contributed by atoms with Crippen molar-refractivity contribution in [3.63, 3.8) is 0 Å². The fraction of sp³-hybridized carbons (Fsp3) is 0.429. The molecule has 3 aromatic heterocycles. The predicted octanol–water partition coefficient (Wildman–Crippen LogP) is 4.49. The second kappa shape index (κ2) is 7.49. The summed E-state index contributed by atoms with van der Waals surface area (Å²) in [6, 6.07) is 12.7. The molecule has 0 atom stereocenters. The maximum Gasteiger partial charge on any atom is 0.278 e. The molecule has 1 aliphatic heterocycles. The van der Waals surface area contributed by atoms with E-state index in [1.165, 1.54) is 24.0 Å². The number of anilines is 2. The first kappa shape index (κ1) is 21.7. The van der Waals surface area contributed by atoms with Crippen molar-refractivity contribution in [3.8, 4) is 5.82 Å². The van der Waals surface area contributed by atoms with Crippen LogP contribution in [0.4, 0.5) is 11.6 Å². The Morgan fingerprint density at radius 2 is 1.94 bits per heavy atom. The number of fused-ring (bicyclic) bond motifs is 3. The molecule has 3 aliphatic rings. The van der Waals surface area contributed by atoms with E-state index in [1.54, 1.807) is 6.20 Å². The van der Waals surface area contributed by atoms with Crippen molar-refractivity contribution in [2.24, 2.45) is 0 Å². The fourth-order valence-electron chi connectivity index (χ4n) is 5.46. The lowest BCUT2D eigenvalue weighted by Crippen LogP contribution is -2.36. The Bertz CT molecular complexity index is 1570. The van der Waals surface area contributed by atoms with E-state index in [4.69, 9.17) is 9.97 Å². The molecule has 0 bridgehead atoms. The van der Waals surface area contributed by atoms with Crippen molar-refractivity contribution in [1.29, 1.82) is 0 Å². The van der Waals surface area contributed by atoms with Gasteiger partial charge in [-0.05, 0) is 67.5 Å². The van der Waals surface area contributed by atoms with Crippen LogP contribution in [0.25, 0.3) is 16.9 Å². The molecule has 8 nitrogen and oxygen atoms in total. The van der Waals surface area contributed by atoms with Crippen LogP contribution in [0, 0.1) is 0 Å². The molecule has 8 heteroatoms. The Morgan fingerprint density at radius 3 is 2.69 bits per heavy atom. The largest absolute Gasteiger partial charge is 0.324 e. The van der Waals surface area contributed by atoms with Crippen molar-refractivity contribution >= 4 is 22.7 Å². The lowest BCUT2D eigenvalue weighted by molar-refractivity contribution is 0.490. The molecule has 0 amide bonds. The molecule has 0 saturated heterocycles. The lowest BCUT2D eigenvalue weighted by Gasteiger charge is -2.27. The van der Waals surface area contributed by atoms with E-state index in [9.17, 15) is 4.79 Å². The van der Waals surface area contributed by atoms with Crippen LogP contribution in [0.1, 0.15) is 69.3 Å². The summed E-state index contributed by atoms with van der Waals surface area (Å²) in [6.07, 6.45) is 7.07. The molecule has 7 rings (SSSR count). The van der Waals surface area contributed by atoms with Gasteiger partial charge in [0.1, 0.15) is 5.39 Å². The first-order chi connectivity index (χ1) is 17.3. The van der Waals surface area contributed by atoms with E-state index < -0.39 is 0 Å². The Kier molecular flexibility index (Phi) is 4.52. The molecular weight excluding hydrogens is 450 g/mol. The first-order valence-electron chi connectivity index (χ1n) is 13.0. The van der Waals surface area contributed by atoms with E-state index in [0.29, 0.717) is 22.8 Å². The second-order valence-electron chi connectivity index (χ2n) is 11.5. The molecule has 2 fully saturated rings. The van der Waals surface area contributed by atoms with Crippen molar-refractivity contribution in [1.82, 2.24) is 29.6 Å². The van der Waals surface area contributed by atoms with Crippen molar-refractivity contribution in [2.75, 3.05) is 11.9 Å². The number of nitrogens with zero attached hydrogens (tertiary/aromatic N) is 5. The van der Waals surface area contributed by atoms with Gasteiger partial charge in [-0.15, -0.1) is 0 Å². The number of aromatic nitrogens is 5. The summed E-state index contributed by atoms with van der Waals surface area (Å²) < 4.78 is 3.71. The number of hydrogen-bond acceptors (Lipinski definition) is 6. The average Bonchev–Trinajstić information content (AvgIpc) is 3.79. The minimum absolute atomic E-state index is 0.0574. The number of rotatable bonds is 4. The summed E-state index contributed by atoms with van der Waals surface area (Å²) in [6.45, 7) is 7.45. The van der Waals surface area contributed by atoms with Crippen molar-refractivity contribution < 1.29 is 0 Å². The Morgan fingerprint density at radius 1 is 1.11 bits per heavy atom. The molecule has 2 N–H and O–H groups in total. The summed E-state index contributed by atoms with van der Waals surface area (Å²) in [5, 5.41) is 7.60. The van der Waals surface area contributed by atoms with Crippen LogP contribution >= 0.6 is 0 Å². The predicted molar refractivity (Wildman–Crippen MR) is 140 cm³/mol. The number of hydrogen-bond donors (Lipinski definition) is 2. The fourth-order valence-corrected chi connectivity index (χ4v) is 5.46. The third kappa shape index (κ3) is 3.46. The van der Waals surface area contributed by atoms with E-state index in [2.05, 4.69) is 54.6 Å². The van der Waals surface area contributed by atoms with Crippen LogP contribution in [0.2, 0.25) is 0 Å². The minimum atomic E-state index is -0.105. The maximum absolute atomic E-state index is 13.4. The highest BCUT2D eigenvalue weighted by Gasteiger charge is 2.46. The van der Waals surface area contributed by atoms with Crippen molar-refractivity contribution in [3.05, 3.63) is 69.8 Å². The lowest BCUT2D eigenvalue weighted by atomic mass is 9.92. The number of nitrogens with one attached hydrogen (secondary N) is 2. The van der Waals surface area contributed by atoms with Crippen LogP contribution < -0.4 is 16.2 Å². The molecular formula is C28H31N7O. The molecule has 2 saturated carbocycles. The average molecular weight is 482 g/mol. The molecule has 0 radical (unpaired) electrons. The molecule has 1 aromatic carbocycles. The van der Waals surface area contributed by atoms with Crippen LogP contribution in [-0.4, -0.2) is 30.9 Å². The summed E-state index contributed by atoms with van der Waals surface area (Å²) in [7, 11) is 0. The number of pyridine rings is 1. The summed E-state index contributed by atoms with van der Waals surface area (Å²) in [5.41, 5.74) is 5.38. The molecule has 184 valence electrons. The van der Waals surface area contributed by atoms with E-state index in [-0.39, 0.29) is 22.6 Å². The summed E-state index contributed by atoms with van der Waals surface area (Å²) >= 11 is 0. The van der Waals surface area contributed by atoms with Gasteiger partial charge in [-0.2, -0.15) is 4.98 Å². The molecule has 4 heterocycles. The zero-order valence-corrected chi connectivity index (χ0v) is 21.0. The highest BCUT2D eigenvalue weighted by molar-refractivity contribution is 5.77. The Hall–Kier alpha value is -3.52.